The van der Waals surface area contributed by atoms with Gasteiger partial charge in [-0.15, -0.1) is 0 Å². The summed E-state index contributed by atoms with van der Waals surface area (Å²) in [6.45, 7) is 6.71. The second-order valence-electron chi connectivity index (χ2n) is 6.59. The number of hydrogen-bond donors (Lipinski definition) is 2. The Labute approximate surface area is 130 Å². The molecule has 0 unspecified atom stereocenters. The second-order valence-corrected chi connectivity index (χ2v) is 6.59. The highest BCUT2D eigenvalue weighted by Gasteiger charge is 2.27. The molecule has 1 aliphatic heterocycles. The first-order valence-corrected chi connectivity index (χ1v) is 7.55. The van der Waals surface area contributed by atoms with Gasteiger partial charge in [-0.3, -0.25) is 0 Å². The molecule has 1 heterocycles. The molecule has 0 radical (unpaired) electrons. The molecule has 0 bridgehead atoms. The number of hydrogen-bond acceptors (Lipinski definition) is 4. The Bertz CT molecular complexity index is 514. The molecule has 0 spiro atoms. The van der Waals surface area contributed by atoms with Crippen molar-refractivity contribution in [3.8, 4) is 0 Å². The minimum absolute atomic E-state index is 0.0953. The Morgan fingerprint density at radius 3 is 2.55 bits per heavy atom. The first-order chi connectivity index (χ1) is 10.3. The summed E-state index contributed by atoms with van der Waals surface area (Å²) in [7, 11) is 0. The minimum atomic E-state index is -0.492. The van der Waals surface area contributed by atoms with E-state index in [1.807, 2.05) is 20.8 Å². The summed E-state index contributed by atoms with van der Waals surface area (Å²) in [6.07, 6.45) is 1.16. The van der Waals surface area contributed by atoms with Crippen LogP contribution in [0, 0.1) is 5.82 Å². The Morgan fingerprint density at radius 1 is 1.36 bits per heavy atom. The number of piperidine rings is 1. The number of rotatable bonds is 2. The Kier molecular flexibility index (Phi) is 4.78. The van der Waals surface area contributed by atoms with E-state index in [1.165, 1.54) is 6.07 Å². The number of benzene rings is 1. The number of anilines is 2. The minimum Gasteiger partial charge on any atom is -0.444 e. The van der Waals surface area contributed by atoms with Gasteiger partial charge in [-0.2, -0.15) is 0 Å². The van der Waals surface area contributed by atoms with Crippen molar-refractivity contribution in [2.75, 3.05) is 24.1 Å². The maximum atomic E-state index is 13.8. The van der Waals surface area contributed by atoms with E-state index in [1.54, 1.807) is 17.0 Å². The van der Waals surface area contributed by atoms with Gasteiger partial charge in [-0.25, -0.2) is 9.18 Å². The predicted octanol–water partition coefficient (Wildman–Crippen LogP) is 3.22. The Balaban J connectivity index is 1.89. The molecular formula is C16H24FN3O2. The summed E-state index contributed by atoms with van der Waals surface area (Å²) in [5.74, 6) is -0.352. The quantitative estimate of drug-likeness (QED) is 0.823. The molecule has 1 aromatic rings. The van der Waals surface area contributed by atoms with Crippen molar-refractivity contribution in [1.82, 2.24) is 4.90 Å². The third-order valence-corrected chi connectivity index (χ3v) is 3.54. The van der Waals surface area contributed by atoms with Crippen LogP contribution in [0.3, 0.4) is 0 Å². The monoisotopic (exact) mass is 309 g/mol. The number of carbonyl (C=O) groups excluding carboxylic acids is 1. The molecule has 6 heteroatoms. The van der Waals surface area contributed by atoms with Gasteiger partial charge in [-0.05, 0) is 45.7 Å². The lowest BCUT2D eigenvalue weighted by Crippen LogP contribution is -2.44. The number of halogens is 1. The van der Waals surface area contributed by atoms with Gasteiger partial charge < -0.3 is 20.7 Å². The topological polar surface area (TPSA) is 67.6 Å². The Morgan fingerprint density at radius 2 is 2.00 bits per heavy atom. The smallest absolute Gasteiger partial charge is 0.410 e. The average molecular weight is 309 g/mol. The maximum Gasteiger partial charge on any atom is 0.410 e. The van der Waals surface area contributed by atoms with Gasteiger partial charge in [0, 0.05) is 19.1 Å². The van der Waals surface area contributed by atoms with E-state index < -0.39 is 5.60 Å². The number of ether oxygens (including phenoxy) is 1. The lowest BCUT2D eigenvalue weighted by Gasteiger charge is -2.34. The number of carbonyl (C=O) groups is 1. The largest absolute Gasteiger partial charge is 0.444 e. The van der Waals surface area contributed by atoms with Gasteiger partial charge in [0.05, 0.1) is 11.4 Å². The van der Waals surface area contributed by atoms with Crippen LogP contribution in [-0.2, 0) is 4.74 Å². The van der Waals surface area contributed by atoms with Crippen molar-refractivity contribution in [1.29, 1.82) is 0 Å². The van der Waals surface area contributed by atoms with Gasteiger partial charge in [0.15, 0.2) is 0 Å². The van der Waals surface area contributed by atoms with Crippen LogP contribution >= 0.6 is 0 Å². The van der Waals surface area contributed by atoms with Crippen LogP contribution in [0.25, 0.3) is 0 Å². The van der Waals surface area contributed by atoms with Crippen LogP contribution in [0.4, 0.5) is 20.6 Å². The molecule has 1 saturated heterocycles. The van der Waals surface area contributed by atoms with Crippen LogP contribution in [0.15, 0.2) is 18.2 Å². The Hall–Kier alpha value is -1.98. The summed E-state index contributed by atoms with van der Waals surface area (Å²) in [4.78, 5) is 13.7. The molecule has 122 valence electrons. The summed E-state index contributed by atoms with van der Waals surface area (Å²) >= 11 is 0. The normalized spacial score (nSPS) is 16.5. The first kappa shape index (κ1) is 16.4. The maximum absolute atomic E-state index is 13.8. The highest BCUT2D eigenvalue weighted by molar-refractivity contribution is 5.69. The zero-order valence-corrected chi connectivity index (χ0v) is 13.4. The van der Waals surface area contributed by atoms with Gasteiger partial charge in [0.1, 0.15) is 11.4 Å². The zero-order valence-electron chi connectivity index (χ0n) is 13.4. The standard InChI is InChI=1S/C16H24FN3O2/c1-16(2,3)22-15(21)20-9-7-11(8-10-20)19-14-12(17)5-4-6-13(14)18/h4-6,11,19H,7-10,18H2,1-3H3. The molecular weight excluding hydrogens is 285 g/mol. The molecule has 3 N–H and O–H groups in total. The second kappa shape index (κ2) is 6.42. The van der Waals surface area contributed by atoms with Gasteiger partial charge in [0.25, 0.3) is 0 Å². The average Bonchev–Trinajstić information content (AvgIpc) is 2.42. The van der Waals surface area contributed by atoms with E-state index in [9.17, 15) is 9.18 Å². The zero-order chi connectivity index (χ0) is 16.3. The van der Waals surface area contributed by atoms with Crippen LogP contribution in [0.2, 0.25) is 0 Å². The van der Waals surface area contributed by atoms with Crippen LogP contribution < -0.4 is 11.1 Å². The van der Waals surface area contributed by atoms with Crippen molar-refractivity contribution in [2.45, 2.75) is 45.3 Å². The molecule has 0 aliphatic carbocycles. The van der Waals surface area contributed by atoms with Crippen molar-refractivity contribution in [3.63, 3.8) is 0 Å². The fraction of sp³-hybridized carbons (Fsp3) is 0.562. The third-order valence-electron chi connectivity index (χ3n) is 3.54. The van der Waals surface area contributed by atoms with Crippen LogP contribution in [-0.4, -0.2) is 35.7 Å². The number of amides is 1. The predicted molar refractivity (Wildman–Crippen MR) is 85.3 cm³/mol. The van der Waals surface area contributed by atoms with Gasteiger partial charge in [-0.1, -0.05) is 6.07 Å². The van der Waals surface area contributed by atoms with Crippen molar-refractivity contribution >= 4 is 17.5 Å². The highest BCUT2D eigenvalue weighted by Crippen LogP contribution is 2.25. The third kappa shape index (κ3) is 4.26. The van der Waals surface area contributed by atoms with E-state index in [-0.39, 0.29) is 18.0 Å². The van der Waals surface area contributed by atoms with Crippen molar-refractivity contribution in [2.24, 2.45) is 0 Å². The lowest BCUT2D eigenvalue weighted by molar-refractivity contribution is 0.0210. The fourth-order valence-electron chi connectivity index (χ4n) is 2.43. The SMILES string of the molecule is CC(C)(C)OC(=O)N1CCC(Nc2c(N)cccc2F)CC1. The number of para-hydroxylation sites is 1. The number of nitrogens with one attached hydrogen (secondary N) is 1. The number of nitrogen functional groups attached to an aromatic ring is 1. The number of nitrogens with zero attached hydrogens (tertiary/aromatic N) is 1. The molecule has 1 aliphatic rings. The molecule has 0 aromatic heterocycles. The van der Waals surface area contributed by atoms with Gasteiger partial charge >= 0.3 is 6.09 Å². The summed E-state index contributed by atoms with van der Waals surface area (Å²) in [6, 6.07) is 4.73. The molecule has 2 rings (SSSR count). The molecule has 22 heavy (non-hydrogen) atoms. The first-order valence-electron chi connectivity index (χ1n) is 7.55. The number of likely N-dealkylation sites (tertiary alicyclic amines) is 1. The van der Waals surface area contributed by atoms with Crippen LogP contribution in [0.5, 0.6) is 0 Å². The van der Waals surface area contributed by atoms with Gasteiger partial charge in [0.2, 0.25) is 0 Å². The van der Waals surface area contributed by atoms with E-state index in [2.05, 4.69) is 5.32 Å². The molecule has 0 saturated carbocycles. The summed E-state index contributed by atoms with van der Waals surface area (Å²) < 4.78 is 19.1. The summed E-state index contributed by atoms with van der Waals surface area (Å²) in [5, 5.41) is 3.15. The molecule has 1 aromatic carbocycles. The van der Waals surface area contributed by atoms with E-state index >= 15 is 0 Å². The lowest BCUT2D eigenvalue weighted by atomic mass is 10.0. The van der Waals surface area contributed by atoms with Crippen molar-refractivity contribution in [3.05, 3.63) is 24.0 Å². The molecule has 1 fully saturated rings. The molecule has 5 nitrogen and oxygen atoms in total. The van der Waals surface area contributed by atoms with Crippen LogP contribution in [0.1, 0.15) is 33.6 Å². The number of nitrogens with two attached hydrogens (primary N) is 1. The molecule has 0 atom stereocenters. The van der Waals surface area contributed by atoms with E-state index in [4.69, 9.17) is 10.5 Å². The van der Waals surface area contributed by atoms with E-state index in [0.717, 1.165) is 12.8 Å². The fourth-order valence-corrected chi connectivity index (χ4v) is 2.43. The van der Waals surface area contributed by atoms with Crippen molar-refractivity contribution < 1.29 is 13.9 Å². The molecule has 1 amide bonds. The summed E-state index contributed by atoms with van der Waals surface area (Å²) in [5.41, 5.74) is 6.05. The highest BCUT2D eigenvalue weighted by atomic mass is 19.1. The van der Waals surface area contributed by atoms with E-state index in [0.29, 0.717) is 24.5 Å².